The summed E-state index contributed by atoms with van der Waals surface area (Å²) in [6.45, 7) is 6.79. The first kappa shape index (κ1) is 38.1. The maximum atomic E-state index is 6.90. The summed E-state index contributed by atoms with van der Waals surface area (Å²) in [5.41, 5.74) is 0. The molecule has 0 aliphatic carbocycles. The van der Waals surface area contributed by atoms with Gasteiger partial charge in [-0.2, -0.15) is 0 Å². The average molecular weight is 528 g/mol. The van der Waals surface area contributed by atoms with Gasteiger partial charge in [-0.05, 0) is 43.1 Å². The van der Waals surface area contributed by atoms with E-state index in [0.717, 1.165) is 18.9 Å². The van der Waals surface area contributed by atoms with E-state index in [9.17, 15) is 0 Å². The molecule has 0 fully saturated rings. The zero-order valence-corrected chi connectivity index (χ0v) is 24.4. The van der Waals surface area contributed by atoms with Gasteiger partial charge in [0.05, 0.1) is 0 Å². The zero-order valence-electron chi connectivity index (χ0n) is 22.6. The first-order valence-corrected chi connectivity index (χ1v) is 15.5. The van der Waals surface area contributed by atoms with Crippen LogP contribution in [0.25, 0.3) is 0 Å². The van der Waals surface area contributed by atoms with Gasteiger partial charge < -0.3 is 19.4 Å². The van der Waals surface area contributed by atoms with Gasteiger partial charge in [0.2, 0.25) is 0 Å². The van der Waals surface area contributed by atoms with E-state index in [1.807, 2.05) is 0 Å². The van der Waals surface area contributed by atoms with Crippen LogP contribution < -0.4 is 6.15 Å². The lowest BCUT2D eigenvalue weighted by molar-refractivity contribution is 0.122. The molecule has 0 aromatic rings. The summed E-state index contributed by atoms with van der Waals surface area (Å²) in [7, 11) is 2.56. The van der Waals surface area contributed by atoms with Crippen molar-refractivity contribution in [1.82, 2.24) is 6.15 Å². The molecule has 0 aliphatic heterocycles. The number of alkyl halides is 1. The molecule has 0 rings (SSSR count). The Kier molecular flexibility index (Phi) is 28.0. The Morgan fingerprint density at radius 1 is 0.697 bits per heavy atom. The molecule has 4 nitrogen and oxygen atoms in total. The molecule has 0 heterocycles. The van der Waals surface area contributed by atoms with Gasteiger partial charge in [0.1, 0.15) is 0 Å². The van der Waals surface area contributed by atoms with Crippen molar-refractivity contribution in [2.75, 3.05) is 21.3 Å². The van der Waals surface area contributed by atoms with E-state index in [-0.39, 0.29) is 22.0 Å². The lowest BCUT2D eigenvalue weighted by Crippen LogP contribution is -2.43. The number of hydrogen-bond acceptors (Lipinski definition) is 4. The van der Waals surface area contributed by atoms with Crippen LogP contribution in [0.3, 0.4) is 0 Å². The van der Waals surface area contributed by atoms with Crippen LogP contribution in [0, 0.1) is 5.92 Å². The largest absolute Gasteiger partial charge is 0.500 e. The summed E-state index contributed by atoms with van der Waals surface area (Å²) < 4.78 is 16.6. The molecule has 2 atom stereocenters. The monoisotopic (exact) mass is 527 g/mol. The first-order valence-electron chi connectivity index (χ1n) is 13.2. The molecule has 0 saturated heterocycles. The Hall–Kier alpha value is 0.564. The third-order valence-corrected chi connectivity index (χ3v) is 10.5. The maximum Gasteiger partial charge on any atom is 0.500 e. The molecule has 0 amide bonds. The van der Waals surface area contributed by atoms with Gasteiger partial charge in [-0.3, -0.25) is 0 Å². The number of halogens is 1. The van der Waals surface area contributed by atoms with Gasteiger partial charge in [0.15, 0.2) is 0 Å². The molecule has 0 aliphatic rings. The second kappa shape index (κ2) is 24.3. The Morgan fingerprint density at radius 3 is 1.42 bits per heavy atom. The number of hydrogen-bond donors (Lipinski definition) is 1. The van der Waals surface area contributed by atoms with Gasteiger partial charge in [-0.15, -0.1) is 11.6 Å². The number of rotatable bonds is 23. The van der Waals surface area contributed by atoms with Crippen molar-refractivity contribution in [2.24, 2.45) is 5.92 Å². The highest BCUT2D eigenvalue weighted by molar-refractivity contribution is 6.60. The fourth-order valence-corrected chi connectivity index (χ4v) is 6.36. The summed E-state index contributed by atoms with van der Waals surface area (Å²) in [6.07, 6.45) is 22.9. The highest BCUT2D eigenvalue weighted by atomic mass is 35.5. The Balaban J connectivity index is -0.00000450. The van der Waals surface area contributed by atoms with Crippen LogP contribution in [0.15, 0.2) is 0 Å². The van der Waals surface area contributed by atoms with E-state index in [4.69, 9.17) is 24.9 Å². The van der Waals surface area contributed by atoms with Crippen molar-refractivity contribution in [3.8, 4) is 0 Å². The Morgan fingerprint density at radius 2 is 1.06 bits per heavy atom. The molecule has 0 radical (unpaired) electrons. The predicted octanol–water partition coefficient (Wildman–Crippen LogP) is 7.86. The molecule has 33 heavy (non-hydrogen) atoms. The standard InChI is InChI=1S/C26H55ClO3Si.H3N.H4Si/c1-7-8-9-10-11-12-13-14-15-16-17-18-19-20-22-25(2)26(3,27)23-21-24-31(28-4,29-5)30-6;;/h25H,7-24H2,1-6H3;1H3;1H4. The molecule has 0 bridgehead atoms. The summed E-state index contributed by atoms with van der Waals surface area (Å²) in [6, 6.07) is 0.824. The molecule has 3 N–H and O–H groups in total. The van der Waals surface area contributed by atoms with Gasteiger partial charge in [0, 0.05) is 32.2 Å². The van der Waals surface area contributed by atoms with Crippen LogP contribution in [0.5, 0.6) is 0 Å². The van der Waals surface area contributed by atoms with Crippen LogP contribution in [0.1, 0.15) is 130 Å². The van der Waals surface area contributed by atoms with Crippen molar-refractivity contribution in [3.63, 3.8) is 0 Å². The lowest BCUT2D eigenvalue weighted by atomic mass is 9.86. The first-order chi connectivity index (χ1) is 14.9. The fourth-order valence-electron chi connectivity index (χ4n) is 4.40. The van der Waals surface area contributed by atoms with Crippen LogP contribution >= 0.6 is 11.6 Å². The van der Waals surface area contributed by atoms with Crippen LogP contribution in [-0.2, 0) is 13.3 Å². The lowest BCUT2D eigenvalue weighted by Gasteiger charge is -2.31. The van der Waals surface area contributed by atoms with Crippen molar-refractivity contribution in [2.45, 2.75) is 141 Å². The normalized spacial score (nSPS) is 14.3. The predicted molar refractivity (Wildman–Crippen MR) is 156 cm³/mol. The highest BCUT2D eigenvalue weighted by Gasteiger charge is 2.38. The summed E-state index contributed by atoms with van der Waals surface area (Å²) in [4.78, 5) is -0.161. The van der Waals surface area contributed by atoms with Crippen LogP contribution in [0.2, 0.25) is 6.04 Å². The van der Waals surface area contributed by atoms with Gasteiger partial charge in [-0.1, -0.05) is 104 Å². The van der Waals surface area contributed by atoms with Crippen molar-refractivity contribution in [1.29, 1.82) is 0 Å². The second-order valence-corrected chi connectivity index (χ2v) is 13.7. The Labute approximate surface area is 218 Å². The van der Waals surface area contributed by atoms with E-state index in [0.29, 0.717) is 5.92 Å². The van der Waals surface area contributed by atoms with Gasteiger partial charge in [-0.25, -0.2) is 0 Å². The average Bonchev–Trinajstić information content (AvgIpc) is 2.77. The molecular formula is C26H62ClNO3Si2. The van der Waals surface area contributed by atoms with Gasteiger partial charge in [0.25, 0.3) is 0 Å². The molecule has 0 saturated carbocycles. The SMILES string of the molecule is CCCCCCCCCCCCCCCCC(C)C(C)(Cl)CCC[Si](OC)(OC)OC.N.[SiH4]. The highest BCUT2D eigenvalue weighted by Crippen LogP contribution is 2.35. The van der Waals surface area contributed by atoms with Gasteiger partial charge >= 0.3 is 8.80 Å². The van der Waals surface area contributed by atoms with Crippen LogP contribution in [0.4, 0.5) is 0 Å². The number of unbranched alkanes of at least 4 members (excludes halogenated alkanes) is 13. The molecular weight excluding hydrogens is 466 g/mol. The van der Waals surface area contributed by atoms with Crippen LogP contribution in [-0.4, -0.2) is 46.0 Å². The molecule has 2 unspecified atom stereocenters. The molecule has 0 aromatic carbocycles. The summed E-state index contributed by atoms with van der Waals surface area (Å²) in [5, 5.41) is 0. The van der Waals surface area contributed by atoms with E-state index < -0.39 is 8.80 Å². The van der Waals surface area contributed by atoms with Crippen molar-refractivity contribution in [3.05, 3.63) is 0 Å². The summed E-state index contributed by atoms with van der Waals surface area (Å²) in [5.74, 6) is 0.523. The van der Waals surface area contributed by atoms with E-state index in [1.54, 1.807) is 21.3 Å². The van der Waals surface area contributed by atoms with Crippen molar-refractivity contribution < 1.29 is 13.3 Å². The molecule has 204 valence electrons. The smallest absolute Gasteiger partial charge is 0.377 e. The minimum atomic E-state index is -2.47. The quantitative estimate of drug-likeness (QED) is 0.0833. The van der Waals surface area contributed by atoms with E-state index >= 15 is 0 Å². The Bertz CT molecular complexity index is 391. The topological polar surface area (TPSA) is 62.7 Å². The van der Waals surface area contributed by atoms with E-state index in [2.05, 4.69) is 20.8 Å². The molecule has 0 aromatic heterocycles. The molecule has 7 heteroatoms. The fraction of sp³-hybridized carbons (Fsp3) is 1.00. The third kappa shape index (κ3) is 19.4. The summed E-state index contributed by atoms with van der Waals surface area (Å²) >= 11 is 6.90. The van der Waals surface area contributed by atoms with Crippen molar-refractivity contribution >= 4 is 31.4 Å². The minimum absolute atomic E-state index is 0. The second-order valence-electron chi connectivity index (χ2n) is 9.71. The zero-order chi connectivity index (χ0) is 23.4. The minimum Gasteiger partial charge on any atom is -0.377 e. The molecule has 0 spiro atoms. The van der Waals surface area contributed by atoms with E-state index in [1.165, 1.54) is 96.3 Å². The third-order valence-electron chi connectivity index (χ3n) is 7.10. The maximum absolute atomic E-state index is 6.90.